The standard InChI is InChI=1S/C17H17N5/c1-2-6-14(7-3-1)12-20-16-9-11-19-17(22-16)21-13-15-8-4-5-10-18-15/h1-11H,12-13H2,(H2,19,20,21,22). The predicted molar refractivity (Wildman–Crippen MR) is 87.4 cm³/mol. The van der Waals surface area contributed by atoms with Crippen LogP contribution < -0.4 is 10.6 Å². The van der Waals surface area contributed by atoms with Gasteiger partial charge < -0.3 is 10.6 Å². The number of nitrogens with one attached hydrogen (secondary N) is 2. The fourth-order valence-electron chi connectivity index (χ4n) is 2.00. The molecule has 0 amide bonds. The SMILES string of the molecule is c1ccc(CNc2ccnc(NCc3ccccn3)n2)cc1. The van der Waals surface area contributed by atoms with Crippen molar-refractivity contribution in [2.75, 3.05) is 10.6 Å². The molecule has 3 aromatic rings. The van der Waals surface area contributed by atoms with Gasteiger partial charge in [0, 0.05) is 18.9 Å². The zero-order valence-corrected chi connectivity index (χ0v) is 12.1. The van der Waals surface area contributed by atoms with Crippen LogP contribution in [-0.2, 0) is 13.1 Å². The second kappa shape index (κ2) is 7.17. The van der Waals surface area contributed by atoms with Gasteiger partial charge in [0.2, 0.25) is 5.95 Å². The molecule has 110 valence electrons. The van der Waals surface area contributed by atoms with Crippen LogP contribution in [0.2, 0.25) is 0 Å². The molecule has 0 atom stereocenters. The van der Waals surface area contributed by atoms with Crippen LogP contribution in [0.1, 0.15) is 11.3 Å². The van der Waals surface area contributed by atoms with Crippen molar-refractivity contribution in [3.63, 3.8) is 0 Å². The highest BCUT2D eigenvalue weighted by Gasteiger charge is 2.00. The minimum absolute atomic E-state index is 0.587. The van der Waals surface area contributed by atoms with E-state index in [1.165, 1.54) is 5.56 Å². The molecule has 2 N–H and O–H groups in total. The van der Waals surface area contributed by atoms with Gasteiger partial charge in [0.25, 0.3) is 0 Å². The van der Waals surface area contributed by atoms with E-state index < -0.39 is 0 Å². The Balaban J connectivity index is 1.58. The lowest BCUT2D eigenvalue weighted by atomic mass is 10.2. The highest BCUT2D eigenvalue weighted by atomic mass is 15.1. The number of benzene rings is 1. The van der Waals surface area contributed by atoms with Gasteiger partial charge >= 0.3 is 0 Å². The van der Waals surface area contributed by atoms with Gasteiger partial charge in [-0.1, -0.05) is 36.4 Å². The summed E-state index contributed by atoms with van der Waals surface area (Å²) < 4.78 is 0. The number of anilines is 2. The number of rotatable bonds is 6. The maximum atomic E-state index is 4.44. The first-order valence-electron chi connectivity index (χ1n) is 7.15. The summed E-state index contributed by atoms with van der Waals surface area (Å²) in [5.41, 5.74) is 2.16. The van der Waals surface area contributed by atoms with E-state index in [4.69, 9.17) is 0 Å². The summed E-state index contributed by atoms with van der Waals surface area (Å²) in [5, 5.41) is 6.47. The Morgan fingerprint density at radius 1 is 0.727 bits per heavy atom. The van der Waals surface area contributed by atoms with Gasteiger partial charge in [-0.15, -0.1) is 0 Å². The van der Waals surface area contributed by atoms with Crippen LogP contribution in [0.15, 0.2) is 67.0 Å². The third-order valence-electron chi connectivity index (χ3n) is 3.13. The van der Waals surface area contributed by atoms with Gasteiger partial charge in [0.1, 0.15) is 5.82 Å². The molecule has 1 aromatic carbocycles. The molecule has 0 saturated heterocycles. The second-order valence-corrected chi connectivity index (χ2v) is 4.78. The predicted octanol–water partition coefficient (Wildman–Crippen LogP) is 3.10. The van der Waals surface area contributed by atoms with Crippen LogP contribution >= 0.6 is 0 Å². The molecule has 0 bridgehead atoms. The van der Waals surface area contributed by atoms with E-state index in [-0.39, 0.29) is 0 Å². The van der Waals surface area contributed by atoms with Crippen molar-refractivity contribution < 1.29 is 0 Å². The average molecular weight is 291 g/mol. The molecule has 0 radical (unpaired) electrons. The van der Waals surface area contributed by atoms with E-state index in [2.05, 4.69) is 37.7 Å². The van der Waals surface area contributed by atoms with Crippen molar-refractivity contribution in [1.82, 2.24) is 15.0 Å². The molecule has 0 aliphatic carbocycles. The van der Waals surface area contributed by atoms with Crippen LogP contribution in [0.5, 0.6) is 0 Å². The first kappa shape index (κ1) is 14.0. The zero-order chi connectivity index (χ0) is 15.0. The zero-order valence-electron chi connectivity index (χ0n) is 12.1. The molecule has 22 heavy (non-hydrogen) atoms. The monoisotopic (exact) mass is 291 g/mol. The Hall–Kier alpha value is -2.95. The average Bonchev–Trinajstić information content (AvgIpc) is 2.60. The van der Waals surface area contributed by atoms with Gasteiger partial charge in [0.05, 0.1) is 12.2 Å². The first-order chi connectivity index (χ1) is 10.9. The molecule has 0 saturated carbocycles. The number of hydrogen-bond acceptors (Lipinski definition) is 5. The quantitative estimate of drug-likeness (QED) is 0.730. The number of pyridine rings is 1. The van der Waals surface area contributed by atoms with Crippen molar-refractivity contribution in [3.8, 4) is 0 Å². The highest BCUT2D eigenvalue weighted by Crippen LogP contribution is 2.09. The Kier molecular flexibility index (Phi) is 4.57. The van der Waals surface area contributed by atoms with Crippen LogP contribution in [0.25, 0.3) is 0 Å². The van der Waals surface area contributed by atoms with Gasteiger partial charge in [-0.2, -0.15) is 4.98 Å². The van der Waals surface area contributed by atoms with Gasteiger partial charge in [-0.05, 0) is 23.8 Å². The fourth-order valence-corrected chi connectivity index (χ4v) is 2.00. The first-order valence-corrected chi connectivity index (χ1v) is 7.15. The Morgan fingerprint density at radius 2 is 1.59 bits per heavy atom. The fraction of sp³-hybridized carbons (Fsp3) is 0.118. The Labute approximate surface area is 129 Å². The molecule has 0 spiro atoms. The Bertz CT molecular complexity index is 642. The number of nitrogens with zero attached hydrogens (tertiary/aromatic N) is 3. The third kappa shape index (κ3) is 4.02. The van der Waals surface area contributed by atoms with E-state index in [0.717, 1.165) is 18.1 Å². The van der Waals surface area contributed by atoms with Gasteiger partial charge in [0.15, 0.2) is 0 Å². The van der Waals surface area contributed by atoms with Crippen molar-refractivity contribution >= 4 is 11.8 Å². The molecule has 5 heteroatoms. The molecule has 0 unspecified atom stereocenters. The van der Waals surface area contributed by atoms with E-state index in [9.17, 15) is 0 Å². The minimum atomic E-state index is 0.587. The lowest BCUT2D eigenvalue weighted by Crippen LogP contribution is -2.07. The van der Waals surface area contributed by atoms with E-state index in [0.29, 0.717) is 12.5 Å². The second-order valence-electron chi connectivity index (χ2n) is 4.78. The third-order valence-corrected chi connectivity index (χ3v) is 3.13. The molecule has 0 fully saturated rings. The van der Waals surface area contributed by atoms with Gasteiger partial charge in [-0.25, -0.2) is 4.98 Å². The lowest BCUT2D eigenvalue weighted by molar-refractivity contribution is 0.995. The largest absolute Gasteiger partial charge is 0.366 e. The summed E-state index contributed by atoms with van der Waals surface area (Å²) in [6.07, 6.45) is 3.51. The maximum Gasteiger partial charge on any atom is 0.224 e. The molecule has 2 aromatic heterocycles. The molecule has 0 aliphatic rings. The normalized spacial score (nSPS) is 10.2. The summed E-state index contributed by atoms with van der Waals surface area (Å²) in [5.74, 6) is 1.38. The minimum Gasteiger partial charge on any atom is -0.366 e. The Morgan fingerprint density at radius 3 is 2.41 bits per heavy atom. The van der Waals surface area contributed by atoms with E-state index >= 15 is 0 Å². The lowest BCUT2D eigenvalue weighted by Gasteiger charge is -2.08. The van der Waals surface area contributed by atoms with Crippen molar-refractivity contribution in [1.29, 1.82) is 0 Å². The van der Waals surface area contributed by atoms with Crippen molar-refractivity contribution in [3.05, 3.63) is 78.2 Å². The molecular weight excluding hydrogens is 274 g/mol. The van der Waals surface area contributed by atoms with Gasteiger partial charge in [-0.3, -0.25) is 4.98 Å². The van der Waals surface area contributed by atoms with Crippen LogP contribution in [0.4, 0.5) is 11.8 Å². The molecular formula is C17H17N5. The smallest absolute Gasteiger partial charge is 0.224 e. The topological polar surface area (TPSA) is 62.7 Å². The summed E-state index contributed by atoms with van der Waals surface area (Å²) in [4.78, 5) is 12.9. The summed E-state index contributed by atoms with van der Waals surface area (Å²) in [6.45, 7) is 1.33. The highest BCUT2D eigenvalue weighted by molar-refractivity contribution is 5.40. The summed E-state index contributed by atoms with van der Waals surface area (Å²) in [7, 11) is 0. The number of aromatic nitrogens is 3. The van der Waals surface area contributed by atoms with Crippen LogP contribution in [-0.4, -0.2) is 15.0 Å². The molecule has 3 rings (SSSR count). The summed E-state index contributed by atoms with van der Waals surface area (Å²) in [6, 6.07) is 17.9. The van der Waals surface area contributed by atoms with Crippen LogP contribution in [0, 0.1) is 0 Å². The molecule has 0 aliphatic heterocycles. The van der Waals surface area contributed by atoms with E-state index in [1.54, 1.807) is 12.4 Å². The molecule has 2 heterocycles. The van der Waals surface area contributed by atoms with E-state index in [1.807, 2.05) is 42.5 Å². The van der Waals surface area contributed by atoms with Crippen molar-refractivity contribution in [2.24, 2.45) is 0 Å². The van der Waals surface area contributed by atoms with Crippen LogP contribution in [0.3, 0.4) is 0 Å². The van der Waals surface area contributed by atoms with Crippen molar-refractivity contribution in [2.45, 2.75) is 13.1 Å². The molecule has 5 nitrogen and oxygen atoms in total. The maximum absolute atomic E-state index is 4.44. The summed E-state index contributed by atoms with van der Waals surface area (Å²) >= 11 is 0. The number of hydrogen-bond donors (Lipinski definition) is 2.